The summed E-state index contributed by atoms with van der Waals surface area (Å²) in [6, 6.07) is 7.80. The first-order valence-corrected chi connectivity index (χ1v) is 11.3. The maximum absolute atomic E-state index is 12.4. The van der Waals surface area contributed by atoms with Crippen molar-refractivity contribution in [3.05, 3.63) is 45.1 Å². The van der Waals surface area contributed by atoms with E-state index in [1.807, 2.05) is 24.3 Å². The molecule has 11 heteroatoms. The minimum atomic E-state index is -0.427. The van der Waals surface area contributed by atoms with E-state index in [0.717, 1.165) is 42.2 Å². The molecule has 1 N–H and O–H groups in total. The Morgan fingerprint density at radius 2 is 1.75 bits per heavy atom. The van der Waals surface area contributed by atoms with Crippen molar-refractivity contribution in [1.82, 2.24) is 18.7 Å². The van der Waals surface area contributed by atoms with Crippen LogP contribution in [0.1, 0.15) is 6.42 Å². The molecule has 1 amide bonds. The smallest absolute Gasteiger partial charge is 0.332 e. The maximum atomic E-state index is 12.4. The Balaban J connectivity index is 1.36. The van der Waals surface area contributed by atoms with Crippen LogP contribution >= 0.6 is 11.8 Å². The average molecular weight is 459 g/mol. The lowest BCUT2D eigenvalue weighted by Gasteiger charge is -2.28. The third kappa shape index (κ3) is 4.30. The van der Waals surface area contributed by atoms with Gasteiger partial charge in [0.2, 0.25) is 5.91 Å². The summed E-state index contributed by atoms with van der Waals surface area (Å²) in [6.45, 7) is 3.19. The van der Waals surface area contributed by atoms with Gasteiger partial charge in [-0.3, -0.25) is 18.7 Å². The predicted octanol–water partition coefficient (Wildman–Crippen LogP) is 0.928. The van der Waals surface area contributed by atoms with Crippen molar-refractivity contribution in [2.75, 3.05) is 42.3 Å². The quantitative estimate of drug-likeness (QED) is 0.548. The van der Waals surface area contributed by atoms with Gasteiger partial charge >= 0.3 is 5.69 Å². The molecule has 2 aromatic heterocycles. The van der Waals surface area contributed by atoms with E-state index in [1.54, 1.807) is 18.7 Å². The van der Waals surface area contributed by atoms with Gasteiger partial charge in [0.25, 0.3) is 5.56 Å². The van der Waals surface area contributed by atoms with Crippen molar-refractivity contribution >= 4 is 40.2 Å². The van der Waals surface area contributed by atoms with Gasteiger partial charge in [0.1, 0.15) is 0 Å². The number of carbonyl (C=O) groups is 1. The first-order valence-electron chi connectivity index (χ1n) is 10.3. The number of benzene rings is 1. The second-order valence-corrected chi connectivity index (χ2v) is 8.69. The van der Waals surface area contributed by atoms with Crippen LogP contribution in [0, 0.1) is 0 Å². The number of imidazole rings is 1. The molecule has 1 aliphatic rings. The molecular formula is C21H26N6O4S. The van der Waals surface area contributed by atoms with Crippen LogP contribution in [-0.4, -0.2) is 56.6 Å². The summed E-state index contributed by atoms with van der Waals surface area (Å²) in [6.07, 6.45) is 0.288. The van der Waals surface area contributed by atoms with E-state index in [9.17, 15) is 14.4 Å². The van der Waals surface area contributed by atoms with Crippen molar-refractivity contribution in [2.45, 2.75) is 11.6 Å². The fourth-order valence-corrected chi connectivity index (χ4v) is 4.63. The van der Waals surface area contributed by atoms with Crippen LogP contribution in [-0.2, 0) is 30.7 Å². The lowest BCUT2D eigenvalue weighted by molar-refractivity contribution is -0.115. The van der Waals surface area contributed by atoms with Gasteiger partial charge in [-0.15, -0.1) is 0 Å². The molecule has 3 aromatic rings. The number of morpholine rings is 1. The van der Waals surface area contributed by atoms with Crippen molar-refractivity contribution in [2.24, 2.45) is 21.1 Å². The second kappa shape index (κ2) is 9.21. The van der Waals surface area contributed by atoms with E-state index in [-0.39, 0.29) is 17.8 Å². The number of nitrogens with one attached hydrogen (secondary N) is 1. The minimum Gasteiger partial charge on any atom is -0.378 e. The number of fused-ring (bicyclic) bond motifs is 1. The zero-order valence-corrected chi connectivity index (χ0v) is 19.1. The van der Waals surface area contributed by atoms with Gasteiger partial charge in [-0.25, -0.2) is 9.78 Å². The topological polar surface area (TPSA) is 103 Å². The first kappa shape index (κ1) is 22.2. The summed E-state index contributed by atoms with van der Waals surface area (Å²) in [5.41, 5.74) is 1.74. The standard InChI is InChI=1S/C21H26N6O4S/c1-24-18-17(19(29)26(3)21(30)25(18)2)23-20(24)32-13-8-16(28)22-14-4-6-15(7-5-14)27-9-11-31-12-10-27/h4-7H,8-13H2,1-3H3,(H,22,28). The Hall–Kier alpha value is -3.05. The number of nitrogens with zero attached hydrogens (tertiary/aromatic N) is 5. The number of anilines is 2. The maximum Gasteiger partial charge on any atom is 0.332 e. The van der Waals surface area contributed by atoms with Crippen LogP contribution in [0.5, 0.6) is 0 Å². The van der Waals surface area contributed by atoms with Crippen molar-refractivity contribution in [3.8, 4) is 0 Å². The lowest BCUT2D eigenvalue weighted by Crippen LogP contribution is -2.37. The van der Waals surface area contributed by atoms with Crippen LogP contribution in [0.15, 0.2) is 39.0 Å². The number of aromatic nitrogens is 4. The van der Waals surface area contributed by atoms with E-state index < -0.39 is 11.2 Å². The molecule has 10 nitrogen and oxygen atoms in total. The summed E-state index contributed by atoms with van der Waals surface area (Å²) in [4.78, 5) is 43.6. The van der Waals surface area contributed by atoms with Gasteiger partial charge in [0.15, 0.2) is 16.3 Å². The normalized spacial score (nSPS) is 14.2. The third-order valence-electron chi connectivity index (χ3n) is 5.51. The van der Waals surface area contributed by atoms with Gasteiger partial charge in [-0.1, -0.05) is 11.8 Å². The van der Waals surface area contributed by atoms with Gasteiger partial charge in [-0.2, -0.15) is 0 Å². The van der Waals surface area contributed by atoms with Gasteiger partial charge in [-0.05, 0) is 24.3 Å². The Morgan fingerprint density at radius 3 is 2.44 bits per heavy atom. The molecule has 1 saturated heterocycles. The Morgan fingerprint density at radius 1 is 1.06 bits per heavy atom. The Bertz CT molecular complexity index is 1250. The van der Waals surface area contributed by atoms with E-state index >= 15 is 0 Å². The summed E-state index contributed by atoms with van der Waals surface area (Å²) in [7, 11) is 4.80. The summed E-state index contributed by atoms with van der Waals surface area (Å²) < 4.78 is 9.54. The molecule has 0 bridgehead atoms. The van der Waals surface area contributed by atoms with E-state index in [1.165, 1.54) is 23.4 Å². The molecule has 0 radical (unpaired) electrons. The molecule has 3 heterocycles. The summed E-state index contributed by atoms with van der Waals surface area (Å²) >= 11 is 1.37. The number of hydrogen-bond acceptors (Lipinski definition) is 7. The van der Waals surface area contributed by atoms with Crippen molar-refractivity contribution in [3.63, 3.8) is 0 Å². The molecule has 0 aliphatic carbocycles. The van der Waals surface area contributed by atoms with Crippen LogP contribution in [0.3, 0.4) is 0 Å². The molecule has 0 atom stereocenters. The number of aryl methyl sites for hydroxylation is 2. The number of amides is 1. The van der Waals surface area contributed by atoms with Crippen LogP contribution < -0.4 is 21.5 Å². The molecular weight excluding hydrogens is 432 g/mol. The third-order valence-corrected chi connectivity index (χ3v) is 6.54. The minimum absolute atomic E-state index is 0.0984. The molecule has 1 aliphatic heterocycles. The molecule has 0 saturated carbocycles. The van der Waals surface area contributed by atoms with Gasteiger partial charge in [0, 0.05) is 57.8 Å². The van der Waals surface area contributed by atoms with Crippen LogP contribution in [0.25, 0.3) is 11.2 Å². The molecule has 170 valence electrons. The van der Waals surface area contributed by atoms with Gasteiger partial charge in [0.05, 0.1) is 13.2 Å². The highest BCUT2D eigenvalue weighted by molar-refractivity contribution is 7.99. The van der Waals surface area contributed by atoms with Crippen LogP contribution in [0.4, 0.5) is 11.4 Å². The largest absolute Gasteiger partial charge is 0.378 e. The van der Waals surface area contributed by atoms with Gasteiger partial charge < -0.3 is 19.5 Å². The fourth-order valence-electron chi connectivity index (χ4n) is 3.72. The van der Waals surface area contributed by atoms with E-state index in [0.29, 0.717) is 16.6 Å². The predicted molar refractivity (Wildman–Crippen MR) is 125 cm³/mol. The number of carbonyl (C=O) groups excluding carboxylic acids is 1. The summed E-state index contributed by atoms with van der Waals surface area (Å²) in [5.74, 6) is 0.391. The SMILES string of the molecule is Cn1c(=O)c2nc(SCCC(=O)Nc3ccc(N4CCOCC4)cc3)n(C)c2n(C)c1=O. The molecule has 1 aromatic carbocycles. The first-order chi connectivity index (χ1) is 15.4. The highest BCUT2D eigenvalue weighted by Gasteiger charge is 2.17. The average Bonchev–Trinajstić information content (AvgIpc) is 3.13. The van der Waals surface area contributed by atoms with E-state index in [2.05, 4.69) is 15.2 Å². The summed E-state index contributed by atoms with van der Waals surface area (Å²) in [5, 5.41) is 3.50. The zero-order valence-electron chi connectivity index (χ0n) is 18.3. The number of hydrogen-bond donors (Lipinski definition) is 1. The molecule has 0 unspecified atom stereocenters. The zero-order chi connectivity index (χ0) is 22.8. The van der Waals surface area contributed by atoms with Crippen molar-refractivity contribution < 1.29 is 9.53 Å². The fraction of sp³-hybridized carbons (Fsp3) is 0.429. The van der Waals surface area contributed by atoms with E-state index in [4.69, 9.17) is 4.74 Å². The lowest BCUT2D eigenvalue weighted by atomic mass is 10.2. The number of ether oxygens (including phenoxy) is 1. The Labute approximate surface area is 188 Å². The molecule has 0 spiro atoms. The highest BCUT2D eigenvalue weighted by atomic mass is 32.2. The number of rotatable bonds is 6. The van der Waals surface area contributed by atoms with Crippen molar-refractivity contribution in [1.29, 1.82) is 0 Å². The molecule has 32 heavy (non-hydrogen) atoms. The molecule has 1 fully saturated rings. The number of thioether (sulfide) groups is 1. The highest BCUT2D eigenvalue weighted by Crippen LogP contribution is 2.22. The molecule has 4 rings (SSSR count). The Kier molecular flexibility index (Phi) is 6.38. The second-order valence-electron chi connectivity index (χ2n) is 7.62. The van der Waals surface area contributed by atoms with Crippen LogP contribution in [0.2, 0.25) is 0 Å². The monoisotopic (exact) mass is 458 g/mol.